The number of halogens is 3. The third-order valence-electron chi connectivity index (χ3n) is 2.97. The number of thiol groups is 1. The molecular weight excluding hydrogens is 452 g/mol. The van der Waals surface area contributed by atoms with E-state index in [0.29, 0.717) is 22.4 Å². The molecule has 2 aromatic rings. The average molecular weight is 468 g/mol. The fourth-order valence-corrected chi connectivity index (χ4v) is 2.64. The summed E-state index contributed by atoms with van der Waals surface area (Å²) < 4.78 is 1.14. The van der Waals surface area contributed by atoms with E-state index in [0.717, 1.165) is 14.8 Å². The number of hydrogen-bond donors (Lipinski definition) is 2. The van der Waals surface area contributed by atoms with Crippen LogP contribution in [0.3, 0.4) is 0 Å². The molecule has 22 heavy (non-hydrogen) atoms. The maximum absolute atomic E-state index is 6.17. The largest absolute Gasteiger partial charge is 0.369 e. The molecule has 0 bridgehead atoms. The monoisotopic (exact) mass is 467 g/mol. The zero-order chi connectivity index (χ0) is 15.4. The molecular formula is C15H16Cl2IN3S. The van der Waals surface area contributed by atoms with E-state index in [-0.39, 0.29) is 12.4 Å². The number of guanidine groups is 1. The van der Waals surface area contributed by atoms with Gasteiger partial charge in [-0.15, -0.1) is 12.4 Å². The highest BCUT2D eigenvalue weighted by atomic mass is 127. The predicted octanol–water partition coefficient (Wildman–Crippen LogP) is 4.88. The van der Waals surface area contributed by atoms with E-state index in [1.807, 2.05) is 54.4 Å². The standard InChI is InChI=1S/C15H15ClIN3S.ClH/c1-20(12-4-2-3-11(17)8-12)15(18)19-14-7-10(9-21)5-6-13(14)16;/h2-8,21H,9H2,1H3,(H2,18,19);1H. The summed E-state index contributed by atoms with van der Waals surface area (Å²) in [6, 6.07) is 13.7. The first-order valence-electron chi connectivity index (χ1n) is 6.24. The third-order valence-corrected chi connectivity index (χ3v) is 4.32. The predicted molar refractivity (Wildman–Crippen MR) is 110 cm³/mol. The Hall–Kier alpha value is -0.630. The lowest BCUT2D eigenvalue weighted by Gasteiger charge is -2.18. The summed E-state index contributed by atoms with van der Waals surface area (Å²) in [5, 5.41) is 0.569. The van der Waals surface area contributed by atoms with Crippen LogP contribution in [0.15, 0.2) is 47.5 Å². The summed E-state index contributed by atoms with van der Waals surface area (Å²) in [5.74, 6) is 1.02. The van der Waals surface area contributed by atoms with Crippen LogP contribution in [0.1, 0.15) is 5.56 Å². The summed E-state index contributed by atoms with van der Waals surface area (Å²) in [4.78, 5) is 6.25. The Kier molecular flexibility index (Phi) is 7.82. The first-order valence-corrected chi connectivity index (χ1v) is 8.33. The Morgan fingerprint density at radius 2 is 2.05 bits per heavy atom. The van der Waals surface area contributed by atoms with Gasteiger partial charge in [0.05, 0.1) is 10.7 Å². The summed E-state index contributed by atoms with van der Waals surface area (Å²) in [6.07, 6.45) is 0. The molecule has 0 radical (unpaired) electrons. The Balaban J connectivity index is 0.00000242. The topological polar surface area (TPSA) is 41.6 Å². The Labute approximate surface area is 160 Å². The fraction of sp³-hybridized carbons (Fsp3) is 0.133. The first kappa shape index (κ1) is 19.4. The molecule has 0 saturated carbocycles. The Morgan fingerprint density at radius 1 is 1.32 bits per heavy atom. The van der Waals surface area contributed by atoms with Gasteiger partial charge in [0.25, 0.3) is 0 Å². The van der Waals surface area contributed by atoms with Gasteiger partial charge in [-0.1, -0.05) is 23.7 Å². The molecule has 7 heteroatoms. The van der Waals surface area contributed by atoms with Crippen molar-refractivity contribution in [1.29, 1.82) is 0 Å². The molecule has 0 saturated heterocycles. The highest BCUT2D eigenvalue weighted by Gasteiger charge is 2.07. The molecule has 0 spiro atoms. The van der Waals surface area contributed by atoms with Crippen molar-refractivity contribution < 1.29 is 0 Å². The van der Waals surface area contributed by atoms with Crippen molar-refractivity contribution in [1.82, 2.24) is 0 Å². The van der Waals surface area contributed by atoms with Crippen molar-refractivity contribution in [3.63, 3.8) is 0 Å². The Bertz CT molecular complexity index is 680. The molecule has 0 atom stereocenters. The molecule has 2 rings (SSSR count). The van der Waals surface area contributed by atoms with Gasteiger partial charge < -0.3 is 10.6 Å². The number of nitrogens with zero attached hydrogens (tertiary/aromatic N) is 2. The first-order chi connectivity index (χ1) is 10.0. The van der Waals surface area contributed by atoms with Gasteiger partial charge in [-0.05, 0) is 58.5 Å². The van der Waals surface area contributed by atoms with E-state index in [4.69, 9.17) is 17.3 Å². The molecule has 0 fully saturated rings. The highest BCUT2D eigenvalue weighted by molar-refractivity contribution is 14.1. The van der Waals surface area contributed by atoms with Gasteiger partial charge in [0.15, 0.2) is 0 Å². The van der Waals surface area contributed by atoms with Gasteiger partial charge in [0.1, 0.15) is 0 Å². The molecule has 0 aliphatic rings. The van der Waals surface area contributed by atoms with Crippen LogP contribution >= 0.6 is 59.2 Å². The van der Waals surface area contributed by atoms with E-state index in [1.54, 1.807) is 0 Å². The van der Waals surface area contributed by atoms with E-state index in [9.17, 15) is 0 Å². The zero-order valence-electron chi connectivity index (χ0n) is 11.8. The van der Waals surface area contributed by atoms with Crippen molar-refractivity contribution in [3.8, 4) is 0 Å². The minimum atomic E-state index is 0. The lowest BCUT2D eigenvalue weighted by atomic mass is 10.2. The van der Waals surface area contributed by atoms with Crippen molar-refractivity contribution in [2.75, 3.05) is 11.9 Å². The molecule has 2 N–H and O–H groups in total. The van der Waals surface area contributed by atoms with Crippen LogP contribution in [0.2, 0.25) is 5.02 Å². The van der Waals surface area contributed by atoms with Gasteiger partial charge in [0, 0.05) is 22.1 Å². The lowest BCUT2D eigenvalue weighted by molar-refractivity contribution is 1.21. The second-order valence-corrected chi connectivity index (χ2v) is 6.42. The molecule has 0 heterocycles. The van der Waals surface area contributed by atoms with E-state index in [2.05, 4.69) is 40.2 Å². The van der Waals surface area contributed by atoms with Gasteiger partial charge in [0.2, 0.25) is 5.96 Å². The minimum Gasteiger partial charge on any atom is -0.369 e. The van der Waals surface area contributed by atoms with Gasteiger partial charge in [-0.25, -0.2) is 4.99 Å². The summed E-state index contributed by atoms with van der Waals surface area (Å²) in [5.41, 5.74) is 8.76. The molecule has 0 aliphatic heterocycles. The minimum absolute atomic E-state index is 0. The van der Waals surface area contributed by atoms with Gasteiger partial charge in [-0.2, -0.15) is 12.6 Å². The number of aliphatic imine (C=N–C) groups is 1. The van der Waals surface area contributed by atoms with Crippen LogP contribution in [0, 0.1) is 3.57 Å². The van der Waals surface area contributed by atoms with Crippen LogP contribution in [0.25, 0.3) is 0 Å². The highest BCUT2D eigenvalue weighted by Crippen LogP contribution is 2.27. The third kappa shape index (κ3) is 4.94. The number of anilines is 1. The molecule has 0 aromatic heterocycles. The van der Waals surface area contributed by atoms with Crippen molar-refractivity contribution in [2.24, 2.45) is 10.7 Å². The van der Waals surface area contributed by atoms with E-state index < -0.39 is 0 Å². The molecule has 0 unspecified atom stereocenters. The van der Waals surface area contributed by atoms with Crippen molar-refractivity contribution in [2.45, 2.75) is 5.75 Å². The van der Waals surface area contributed by atoms with Crippen LogP contribution in [-0.4, -0.2) is 13.0 Å². The van der Waals surface area contributed by atoms with Crippen LogP contribution < -0.4 is 10.6 Å². The van der Waals surface area contributed by atoms with E-state index >= 15 is 0 Å². The SMILES string of the molecule is CN(C(N)=Nc1cc(CS)ccc1Cl)c1cccc(I)c1.Cl. The number of benzene rings is 2. The molecule has 0 aliphatic carbocycles. The average Bonchev–Trinajstić information content (AvgIpc) is 2.48. The molecule has 3 nitrogen and oxygen atoms in total. The van der Waals surface area contributed by atoms with Gasteiger partial charge >= 0.3 is 0 Å². The maximum atomic E-state index is 6.17. The van der Waals surface area contributed by atoms with Crippen LogP contribution in [-0.2, 0) is 5.75 Å². The second kappa shape index (κ2) is 8.86. The summed E-state index contributed by atoms with van der Waals surface area (Å²) in [6.45, 7) is 0. The normalized spacial score (nSPS) is 11.0. The number of hydrogen-bond acceptors (Lipinski definition) is 2. The second-order valence-electron chi connectivity index (χ2n) is 4.45. The maximum Gasteiger partial charge on any atom is 0.200 e. The quantitative estimate of drug-likeness (QED) is 0.292. The van der Waals surface area contributed by atoms with Crippen LogP contribution in [0.5, 0.6) is 0 Å². The summed E-state index contributed by atoms with van der Waals surface area (Å²) >= 11 is 12.7. The molecule has 118 valence electrons. The number of nitrogens with two attached hydrogens (primary N) is 1. The van der Waals surface area contributed by atoms with E-state index in [1.165, 1.54) is 0 Å². The molecule has 0 amide bonds. The lowest BCUT2D eigenvalue weighted by Crippen LogP contribution is -2.33. The van der Waals surface area contributed by atoms with Crippen LogP contribution in [0.4, 0.5) is 11.4 Å². The van der Waals surface area contributed by atoms with Gasteiger partial charge in [-0.3, -0.25) is 0 Å². The van der Waals surface area contributed by atoms with Crippen molar-refractivity contribution in [3.05, 3.63) is 56.6 Å². The van der Waals surface area contributed by atoms with Crippen molar-refractivity contribution >= 4 is 76.6 Å². The fourth-order valence-electron chi connectivity index (χ4n) is 1.76. The smallest absolute Gasteiger partial charge is 0.200 e. The Morgan fingerprint density at radius 3 is 2.68 bits per heavy atom. The summed E-state index contributed by atoms with van der Waals surface area (Å²) in [7, 11) is 1.88. The molecule has 2 aromatic carbocycles. The number of rotatable bonds is 3. The zero-order valence-corrected chi connectivity index (χ0v) is 16.5.